The molecule has 0 saturated heterocycles. The van der Waals surface area contributed by atoms with Gasteiger partial charge < -0.3 is 10.1 Å². The van der Waals surface area contributed by atoms with E-state index in [1.807, 2.05) is 0 Å². The Labute approximate surface area is 174 Å². The van der Waals surface area contributed by atoms with Gasteiger partial charge in [0.15, 0.2) is 0 Å². The predicted octanol–water partition coefficient (Wildman–Crippen LogP) is 3.68. The second-order valence-electron chi connectivity index (χ2n) is 5.62. The van der Waals surface area contributed by atoms with Crippen LogP contribution < -0.4 is 20.4 Å². The molecule has 0 unspecified atom stereocenters. The Morgan fingerprint density at radius 2 is 1.89 bits per heavy atom. The number of carbonyl (C=O) groups is 1. The molecule has 0 aliphatic heterocycles. The number of nitrogens with zero attached hydrogens (tertiary/aromatic N) is 1. The van der Waals surface area contributed by atoms with Crippen molar-refractivity contribution >= 4 is 46.6 Å². The fourth-order valence-electron chi connectivity index (χ4n) is 2.38. The fraction of sp³-hybridized carbons (Fsp3) is 0.167. The van der Waals surface area contributed by atoms with E-state index >= 15 is 0 Å². The zero-order valence-corrected chi connectivity index (χ0v) is 17.0. The molecule has 0 spiro atoms. The molecule has 0 aliphatic carbocycles. The monoisotopic (exact) mass is 440 g/mol. The molecular weight excluding hydrogens is 425 g/mol. The predicted molar refractivity (Wildman–Crippen MR) is 108 cm³/mol. The molecule has 1 amide bonds. The van der Waals surface area contributed by atoms with Crippen molar-refractivity contribution in [1.82, 2.24) is 5.27 Å². The first-order valence-corrected chi connectivity index (χ1v) is 9.87. The standard InChI is InChI=1S/C18H15Cl2N3O4S/c1-26-15-4-2-14(3-5-15)23-17(18(25)27-22-23)28-7-6-16(24)21-13-9-11(19)8-12(20)10-13/h2-5,8-10H,6-7H2,1H3,(H-,21,22,24,25)/p+1. The van der Waals surface area contributed by atoms with E-state index in [-0.39, 0.29) is 12.3 Å². The smallest absolute Gasteiger partial charge is 0.442 e. The summed E-state index contributed by atoms with van der Waals surface area (Å²) in [5.41, 5.74) is 0.706. The van der Waals surface area contributed by atoms with Crippen molar-refractivity contribution in [3.05, 3.63) is 62.9 Å². The number of halogens is 2. The Balaban J connectivity index is 1.62. The number of benzene rings is 2. The van der Waals surface area contributed by atoms with E-state index < -0.39 is 5.63 Å². The maximum Gasteiger partial charge on any atom is 0.442 e. The van der Waals surface area contributed by atoms with Crippen molar-refractivity contribution in [3.8, 4) is 11.4 Å². The highest BCUT2D eigenvalue weighted by molar-refractivity contribution is 7.99. The summed E-state index contributed by atoms with van der Waals surface area (Å²) in [6.45, 7) is 0. The van der Waals surface area contributed by atoms with Crippen molar-refractivity contribution in [3.63, 3.8) is 0 Å². The van der Waals surface area contributed by atoms with Crippen LogP contribution in [0.15, 0.2) is 56.8 Å². The first kappa shape index (κ1) is 20.3. The minimum absolute atomic E-state index is 0.183. The Bertz CT molecular complexity index is 1010. The Kier molecular flexibility index (Phi) is 6.66. The number of nitrogens with one attached hydrogen (secondary N) is 2. The number of anilines is 1. The van der Waals surface area contributed by atoms with Crippen LogP contribution in [-0.2, 0) is 4.79 Å². The first-order valence-electron chi connectivity index (χ1n) is 8.13. The molecule has 0 radical (unpaired) electrons. The van der Waals surface area contributed by atoms with Gasteiger partial charge in [0.25, 0.3) is 0 Å². The number of carbonyl (C=O) groups excluding carboxylic acids is 1. The summed E-state index contributed by atoms with van der Waals surface area (Å²) < 4.78 is 11.5. The van der Waals surface area contributed by atoms with Gasteiger partial charge in [-0.2, -0.15) is 0 Å². The minimum Gasteiger partial charge on any atom is -0.497 e. The van der Waals surface area contributed by atoms with Crippen LogP contribution in [0.4, 0.5) is 5.69 Å². The van der Waals surface area contributed by atoms with E-state index in [0.717, 1.165) is 0 Å². The molecule has 1 aromatic heterocycles. The molecule has 146 valence electrons. The molecule has 28 heavy (non-hydrogen) atoms. The van der Waals surface area contributed by atoms with Crippen LogP contribution in [-0.4, -0.2) is 24.0 Å². The van der Waals surface area contributed by atoms with Crippen molar-refractivity contribution in [2.75, 3.05) is 18.2 Å². The molecule has 7 nitrogen and oxygen atoms in total. The van der Waals surface area contributed by atoms with Gasteiger partial charge in [-0.25, -0.2) is 4.79 Å². The quantitative estimate of drug-likeness (QED) is 0.432. The highest BCUT2D eigenvalue weighted by atomic mass is 35.5. The lowest BCUT2D eigenvalue weighted by atomic mass is 10.3. The van der Waals surface area contributed by atoms with Crippen LogP contribution in [0.1, 0.15) is 6.42 Å². The van der Waals surface area contributed by atoms with Crippen LogP contribution >= 0.6 is 35.0 Å². The number of rotatable bonds is 7. The molecule has 0 atom stereocenters. The topological polar surface area (TPSA) is 88.2 Å². The molecule has 0 aliphatic rings. The number of ether oxygens (including phenoxy) is 1. The summed E-state index contributed by atoms with van der Waals surface area (Å²) >= 11 is 13.0. The Morgan fingerprint density at radius 3 is 2.54 bits per heavy atom. The van der Waals surface area contributed by atoms with E-state index in [1.165, 1.54) is 16.4 Å². The van der Waals surface area contributed by atoms with Gasteiger partial charge >= 0.3 is 10.7 Å². The Morgan fingerprint density at radius 1 is 1.21 bits per heavy atom. The highest BCUT2D eigenvalue weighted by Gasteiger charge is 2.24. The average molecular weight is 441 g/mol. The van der Waals surface area contributed by atoms with Crippen molar-refractivity contribution in [2.45, 2.75) is 11.4 Å². The maximum atomic E-state index is 12.1. The third-order valence-corrected chi connectivity index (χ3v) is 5.12. The second-order valence-corrected chi connectivity index (χ2v) is 7.58. The summed E-state index contributed by atoms with van der Waals surface area (Å²) in [5.74, 6) is 0.850. The number of hydrogen-bond donors (Lipinski definition) is 2. The molecule has 3 rings (SSSR count). The molecule has 10 heteroatoms. The van der Waals surface area contributed by atoms with Gasteiger partial charge in [0, 0.05) is 40.0 Å². The summed E-state index contributed by atoms with van der Waals surface area (Å²) in [5, 5.41) is 6.48. The second kappa shape index (κ2) is 9.18. The van der Waals surface area contributed by atoms with Crippen molar-refractivity contribution in [2.24, 2.45) is 0 Å². The number of thioether (sulfide) groups is 1. The van der Waals surface area contributed by atoms with Gasteiger partial charge in [-0.3, -0.25) is 9.32 Å². The molecule has 0 fully saturated rings. The van der Waals surface area contributed by atoms with Crippen LogP contribution in [0.5, 0.6) is 5.75 Å². The summed E-state index contributed by atoms with van der Waals surface area (Å²) in [4.78, 5) is 24.1. The molecule has 2 aromatic carbocycles. The lowest BCUT2D eigenvalue weighted by molar-refractivity contribution is -0.704. The van der Waals surface area contributed by atoms with Crippen LogP contribution in [0.3, 0.4) is 0 Å². The normalized spacial score (nSPS) is 10.7. The number of methoxy groups -OCH3 is 1. The Hall–Kier alpha value is -2.42. The van der Waals surface area contributed by atoms with Gasteiger partial charge in [0.2, 0.25) is 11.6 Å². The van der Waals surface area contributed by atoms with Gasteiger partial charge in [-0.15, -0.1) is 0 Å². The third kappa shape index (κ3) is 5.09. The lowest BCUT2D eigenvalue weighted by Gasteiger charge is -2.05. The number of aromatic amines is 1. The summed E-state index contributed by atoms with van der Waals surface area (Å²) in [6.07, 6.45) is 0.183. The molecular formula is C18H16Cl2N3O4S+. The first-order chi connectivity index (χ1) is 13.5. The zero-order valence-electron chi connectivity index (χ0n) is 14.7. The number of aromatic nitrogens is 2. The van der Waals surface area contributed by atoms with Crippen molar-refractivity contribution in [1.29, 1.82) is 0 Å². The van der Waals surface area contributed by atoms with Crippen LogP contribution in [0, 0.1) is 0 Å². The minimum atomic E-state index is -0.511. The average Bonchev–Trinajstić information content (AvgIpc) is 3.01. The molecule has 0 bridgehead atoms. The van der Waals surface area contributed by atoms with Gasteiger partial charge in [-0.05, 0) is 52.0 Å². The van der Waals surface area contributed by atoms with Crippen molar-refractivity contribution < 1.29 is 18.7 Å². The molecule has 0 saturated carbocycles. The molecule has 1 heterocycles. The zero-order chi connectivity index (χ0) is 20.1. The number of hydrogen-bond acceptors (Lipinski definition) is 5. The van der Waals surface area contributed by atoms with Crippen LogP contribution in [0.2, 0.25) is 10.0 Å². The van der Waals surface area contributed by atoms with Crippen LogP contribution in [0.25, 0.3) is 5.69 Å². The summed E-state index contributed by atoms with van der Waals surface area (Å²) in [7, 11) is 1.57. The molecule has 3 aromatic rings. The van der Waals surface area contributed by atoms with Gasteiger partial charge in [0.05, 0.1) is 7.11 Å². The molecule has 2 N–H and O–H groups in total. The van der Waals surface area contributed by atoms with E-state index in [2.05, 4.69) is 10.6 Å². The third-order valence-electron chi connectivity index (χ3n) is 3.65. The highest BCUT2D eigenvalue weighted by Crippen LogP contribution is 2.23. The van der Waals surface area contributed by atoms with E-state index in [4.69, 9.17) is 32.5 Å². The van der Waals surface area contributed by atoms with E-state index in [1.54, 1.807) is 49.6 Å². The van der Waals surface area contributed by atoms with Gasteiger partial charge in [-0.1, -0.05) is 23.2 Å². The SMILES string of the molecule is COc1ccc(-[n+]2[nH]oc(=O)c2SCCC(=O)Nc2cc(Cl)cc(Cl)c2)cc1. The van der Waals surface area contributed by atoms with Gasteiger partial charge in [0.1, 0.15) is 5.75 Å². The number of H-pyrrole nitrogens is 1. The van der Waals surface area contributed by atoms with E-state index in [9.17, 15) is 9.59 Å². The largest absolute Gasteiger partial charge is 0.497 e. The fourth-order valence-corrected chi connectivity index (χ4v) is 3.82. The van der Waals surface area contributed by atoms with E-state index in [0.29, 0.717) is 37.9 Å². The lowest BCUT2D eigenvalue weighted by Crippen LogP contribution is -2.36. The summed E-state index contributed by atoms with van der Waals surface area (Å²) in [6, 6.07) is 11.9. The maximum absolute atomic E-state index is 12.1. The number of amides is 1.